The predicted octanol–water partition coefficient (Wildman–Crippen LogP) is 5.11. The number of alkyl halides is 3. The van der Waals surface area contributed by atoms with E-state index < -0.39 is 11.7 Å². The van der Waals surface area contributed by atoms with Crippen LogP contribution in [0.3, 0.4) is 0 Å². The van der Waals surface area contributed by atoms with Gasteiger partial charge in [0.2, 0.25) is 5.91 Å². The second kappa shape index (κ2) is 9.61. The third kappa shape index (κ3) is 6.14. The molecule has 3 aromatic rings. The van der Waals surface area contributed by atoms with Gasteiger partial charge in [0, 0.05) is 17.8 Å². The average molecular weight is 471 g/mol. The van der Waals surface area contributed by atoms with Gasteiger partial charge in [-0.05, 0) is 42.8 Å². The SMILES string of the molecule is Cc1ccc(Cl)cc1NC(=O)CSc1nnc(COc2cccc(C(F)(F)F)c2)n1C. The molecule has 31 heavy (non-hydrogen) atoms. The Morgan fingerprint density at radius 1 is 1.23 bits per heavy atom. The fourth-order valence-corrected chi connectivity index (χ4v) is 3.45. The van der Waals surface area contributed by atoms with E-state index in [1.54, 1.807) is 23.7 Å². The number of rotatable bonds is 7. The number of aromatic nitrogens is 3. The van der Waals surface area contributed by atoms with E-state index in [1.165, 1.54) is 23.9 Å². The standard InChI is InChI=1S/C20H18ClF3N4O2S/c1-12-6-7-14(21)9-16(12)25-18(29)11-31-19-27-26-17(28(19)2)10-30-15-5-3-4-13(8-15)20(22,23)24/h3-9H,10-11H2,1-2H3,(H,25,29). The van der Waals surface area contributed by atoms with E-state index in [0.717, 1.165) is 17.7 Å². The van der Waals surface area contributed by atoms with Crippen LogP contribution in [0.5, 0.6) is 5.75 Å². The topological polar surface area (TPSA) is 69.0 Å². The zero-order valence-corrected chi connectivity index (χ0v) is 18.1. The summed E-state index contributed by atoms with van der Waals surface area (Å²) in [4.78, 5) is 12.2. The zero-order chi connectivity index (χ0) is 22.6. The largest absolute Gasteiger partial charge is 0.486 e. The maximum absolute atomic E-state index is 12.8. The van der Waals surface area contributed by atoms with Crippen molar-refractivity contribution in [1.29, 1.82) is 0 Å². The number of ether oxygens (including phenoxy) is 1. The van der Waals surface area contributed by atoms with Crippen LogP contribution in [0.15, 0.2) is 47.6 Å². The highest BCUT2D eigenvalue weighted by atomic mass is 35.5. The first-order valence-corrected chi connectivity index (χ1v) is 10.4. The molecule has 0 radical (unpaired) electrons. The first-order chi connectivity index (χ1) is 14.6. The monoisotopic (exact) mass is 470 g/mol. The van der Waals surface area contributed by atoms with Gasteiger partial charge in [-0.25, -0.2) is 0 Å². The molecule has 0 spiro atoms. The van der Waals surface area contributed by atoms with Crippen molar-refractivity contribution in [2.24, 2.45) is 7.05 Å². The molecule has 164 valence electrons. The first kappa shape index (κ1) is 23.0. The molecule has 0 atom stereocenters. The van der Waals surface area contributed by atoms with Gasteiger partial charge in [-0.1, -0.05) is 35.5 Å². The van der Waals surface area contributed by atoms with Crippen LogP contribution in [0, 0.1) is 6.92 Å². The summed E-state index contributed by atoms with van der Waals surface area (Å²) >= 11 is 7.13. The molecule has 1 N–H and O–H groups in total. The van der Waals surface area contributed by atoms with E-state index in [1.807, 2.05) is 13.0 Å². The van der Waals surface area contributed by atoms with E-state index >= 15 is 0 Å². The van der Waals surface area contributed by atoms with E-state index in [0.29, 0.717) is 21.7 Å². The Morgan fingerprint density at radius 3 is 2.74 bits per heavy atom. The van der Waals surface area contributed by atoms with E-state index in [4.69, 9.17) is 16.3 Å². The molecule has 0 unspecified atom stereocenters. The van der Waals surface area contributed by atoms with Gasteiger partial charge < -0.3 is 14.6 Å². The number of benzene rings is 2. The minimum absolute atomic E-state index is 0.0702. The van der Waals surface area contributed by atoms with E-state index in [2.05, 4.69) is 15.5 Å². The number of nitrogens with one attached hydrogen (secondary N) is 1. The Bertz CT molecular complexity index is 1090. The van der Waals surface area contributed by atoms with Crippen molar-refractivity contribution in [1.82, 2.24) is 14.8 Å². The van der Waals surface area contributed by atoms with Crippen molar-refractivity contribution in [3.63, 3.8) is 0 Å². The van der Waals surface area contributed by atoms with Gasteiger partial charge in [0.1, 0.15) is 12.4 Å². The van der Waals surface area contributed by atoms with Crippen LogP contribution in [-0.4, -0.2) is 26.4 Å². The Morgan fingerprint density at radius 2 is 2.00 bits per heavy atom. The summed E-state index contributed by atoms with van der Waals surface area (Å²) in [5.41, 5.74) is 0.724. The van der Waals surface area contributed by atoms with Crippen molar-refractivity contribution >= 4 is 35.0 Å². The van der Waals surface area contributed by atoms with Crippen LogP contribution in [0.2, 0.25) is 5.02 Å². The van der Waals surface area contributed by atoms with Crippen molar-refractivity contribution in [3.05, 3.63) is 64.4 Å². The number of hydrogen-bond acceptors (Lipinski definition) is 5. The summed E-state index contributed by atoms with van der Waals surface area (Å²) in [7, 11) is 1.69. The fourth-order valence-electron chi connectivity index (χ4n) is 2.55. The van der Waals surface area contributed by atoms with Crippen LogP contribution >= 0.6 is 23.4 Å². The summed E-state index contributed by atoms with van der Waals surface area (Å²) in [6.07, 6.45) is -4.45. The molecular formula is C20H18ClF3N4O2S. The molecule has 0 saturated carbocycles. The number of carbonyl (C=O) groups excluding carboxylic acids is 1. The van der Waals surface area contributed by atoms with Gasteiger partial charge in [-0.15, -0.1) is 10.2 Å². The molecule has 1 heterocycles. The molecule has 0 bridgehead atoms. The van der Waals surface area contributed by atoms with Crippen LogP contribution < -0.4 is 10.1 Å². The lowest BCUT2D eigenvalue weighted by atomic mass is 10.2. The third-order valence-corrected chi connectivity index (χ3v) is 5.52. The van der Waals surface area contributed by atoms with Crippen molar-refractivity contribution in [2.75, 3.05) is 11.1 Å². The van der Waals surface area contributed by atoms with Crippen LogP contribution in [0.1, 0.15) is 17.0 Å². The number of nitrogens with zero attached hydrogens (tertiary/aromatic N) is 3. The summed E-state index contributed by atoms with van der Waals surface area (Å²) in [5, 5.41) is 11.8. The second-order valence-corrected chi connectivity index (χ2v) is 7.95. The molecule has 0 aliphatic carbocycles. The first-order valence-electron chi connectivity index (χ1n) is 9.00. The number of anilines is 1. The lowest BCUT2D eigenvalue weighted by Crippen LogP contribution is -2.15. The molecule has 11 heteroatoms. The lowest BCUT2D eigenvalue weighted by molar-refractivity contribution is -0.137. The van der Waals surface area contributed by atoms with Gasteiger partial charge in [0.25, 0.3) is 0 Å². The zero-order valence-electron chi connectivity index (χ0n) is 16.5. The highest BCUT2D eigenvalue weighted by Gasteiger charge is 2.30. The Labute approximate surface area is 185 Å². The van der Waals surface area contributed by atoms with Crippen molar-refractivity contribution in [2.45, 2.75) is 24.9 Å². The molecule has 3 rings (SSSR count). The minimum atomic E-state index is -4.45. The van der Waals surface area contributed by atoms with Crippen LogP contribution in [-0.2, 0) is 24.6 Å². The Balaban J connectivity index is 1.56. The third-order valence-electron chi connectivity index (χ3n) is 4.26. The maximum Gasteiger partial charge on any atom is 0.416 e. The molecule has 0 fully saturated rings. The minimum Gasteiger partial charge on any atom is -0.486 e. The van der Waals surface area contributed by atoms with Crippen LogP contribution in [0.4, 0.5) is 18.9 Å². The number of aryl methyl sites for hydroxylation is 1. The number of thioether (sulfide) groups is 1. The Kier molecular flexibility index (Phi) is 7.11. The normalized spacial score (nSPS) is 11.4. The van der Waals surface area contributed by atoms with Gasteiger partial charge in [0.05, 0.1) is 11.3 Å². The Hall–Kier alpha value is -2.72. The lowest BCUT2D eigenvalue weighted by Gasteiger charge is -2.10. The molecule has 6 nitrogen and oxygen atoms in total. The average Bonchev–Trinajstić information content (AvgIpc) is 3.07. The fraction of sp³-hybridized carbons (Fsp3) is 0.250. The quantitative estimate of drug-likeness (QED) is 0.486. The summed E-state index contributed by atoms with van der Waals surface area (Å²) in [5.74, 6) is 0.335. The summed E-state index contributed by atoms with van der Waals surface area (Å²) < 4.78 is 45.5. The summed E-state index contributed by atoms with van der Waals surface area (Å²) in [6, 6.07) is 9.83. The molecule has 1 aromatic heterocycles. The summed E-state index contributed by atoms with van der Waals surface area (Å²) in [6.45, 7) is 1.79. The van der Waals surface area contributed by atoms with Gasteiger partial charge in [-0.2, -0.15) is 13.2 Å². The molecule has 2 aromatic carbocycles. The molecule has 0 saturated heterocycles. The number of amides is 1. The van der Waals surface area contributed by atoms with Crippen molar-refractivity contribution < 1.29 is 22.7 Å². The van der Waals surface area contributed by atoms with E-state index in [9.17, 15) is 18.0 Å². The van der Waals surface area contributed by atoms with Gasteiger partial charge in [-0.3, -0.25) is 4.79 Å². The van der Waals surface area contributed by atoms with Gasteiger partial charge >= 0.3 is 6.18 Å². The smallest absolute Gasteiger partial charge is 0.416 e. The van der Waals surface area contributed by atoms with Crippen molar-refractivity contribution in [3.8, 4) is 5.75 Å². The predicted molar refractivity (Wildman–Crippen MR) is 112 cm³/mol. The van der Waals surface area contributed by atoms with Crippen LogP contribution in [0.25, 0.3) is 0 Å². The number of halogens is 4. The second-order valence-electron chi connectivity index (χ2n) is 6.57. The van der Waals surface area contributed by atoms with E-state index in [-0.39, 0.29) is 24.0 Å². The molecular weight excluding hydrogens is 453 g/mol. The maximum atomic E-state index is 12.8. The van der Waals surface area contributed by atoms with Gasteiger partial charge in [0.15, 0.2) is 11.0 Å². The molecule has 0 aliphatic heterocycles. The molecule has 0 aliphatic rings. The highest BCUT2D eigenvalue weighted by Crippen LogP contribution is 2.31. The number of hydrogen-bond donors (Lipinski definition) is 1. The molecule has 1 amide bonds. The number of carbonyl (C=O) groups is 1. The highest BCUT2D eigenvalue weighted by molar-refractivity contribution is 7.99.